The van der Waals surface area contributed by atoms with Crippen molar-refractivity contribution in [2.45, 2.75) is 19.1 Å². The van der Waals surface area contributed by atoms with Gasteiger partial charge in [-0.05, 0) is 41.5 Å². The van der Waals surface area contributed by atoms with Crippen molar-refractivity contribution in [1.29, 1.82) is 0 Å². The Morgan fingerprint density at radius 2 is 1.81 bits per heavy atom. The average molecular weight is 385 g/mol. The van der Waals surface area contributed by atoms with Crippen molar-refractivity contribution in [2.75, 3.05) is 0 Å². The van der Waals surface area contributed by atoms with Gasteiger partial charge in [0.2, 0.25) is 5.91 Å². The van der Waals surface area contributed by atoms with E-state index in [9.17, 15) is 9.18 Å². The molecule has 0 aliphatic rings. The summed E-state index contributed by atoms with van der Waals surface area (Å²) in [5, 5.41) is 6.09. The molecule has 0 fully saturated rings. The standard InChI is InChI=1S/C20H18ClFN4O/c21-16-4-1-5-17(22)18(16)19(25-12-14-6-9-23-10-7-14)20(27)26-13-15-3-2-8-24-11-15/h1-11,19,25H,12-13H2,(H,26,27). The molecule has 0 saturated carbocycles. The lowest BCUT2D eigenvalue weighted by Crippen LogP contribution is -2.37. The van der Waals surface area contributed by atoms with E-state index >= 15 is 0 Å². The van der Waals surface area contributed by atoms with Crippen molar-refractivity contribution >= 4 is 17.5 Å². The lowest BCUT2D eigenvalue weighted by Gasteiger charge is -2.20. The van der Waals surface area contributed by atoms with Crippen molar-refractivity contribution in [1.82, 2.24) is 20.6 Å². The second-order valence-corrected chi connectivity index (χ2v) is 6.29. The Hall–Kier alpha value is -2.83. The molecule has 1 aromatic carbocycles. The van der Waals surface area contributed by atoms with Gasteiger partial charge in [0.25, 0.3) is 0 Å². The highest BCUT2D eigenvalue weighted by atomic mass is 35.5. The van der Waals surface area contributed by atoms with E-state index in [1.54, 1.807) is 36.9 Å². The van der Waals surface area contributed by atoms with E-state index in [1.165, 1.54) is 12.1 Å². The molecule has 138 valence electrons. The lowest BCUT2D eigenvalue weighted by atomic mass is 10.0. The van der Waals surface area contributed by atoms with Crippen LogP contribution in [0.15, 0.2) is 67.3 Å². The molecule has 0 aliphatic carbocycles. The van der Waals surface area contributed by atoms with Crippen LogP contribution in [0.3, 0.4) is 0 Å². The van der Waals surface area contributed by atoms with Gasteiger partial charge < -0.3 is 5.32 Å². The zero-order valence-corrected chi connectivity index (χ0v) is 15.2. The first-order valence-electron chi connectivity index (χ1n) is 8.38. The molecule has 2 heterocycles. The maximum Gasteiger partial charge on any atom is 0.242 e. The summed E-state index contributed by atoms with van der Waals surface area (Å²) in [6.07, 6.45) is 6.63. The summed E-state index contributed by atoms with van der Waals surface area (Å²) in [6, 6.07) is 10.7. The number of nitrogens with one attached hydrogen (secondary N) is 2. The van der Waals surface area contributed by atoms with Gasteiger partial charge >= 0.3 is 0 Å². The van der Waals surface area contributed by atoms with Gasteiger partial charge in [0, 0.05) is 48.5 Å². The Kier molecular flexibility index (Phi) is 6.46. The van der Waals surface area contributed by atoms with Crippen LogP contribution in [0.5, 0.6) is 0 Å². The fourth-order valence-electron chi connectivity index (χ4n) is 2.63. The van der Waals surface area contributed by atoms with Crippen LogP contribution in [0.25, 0.3) is 0 Å². The smallest absolute Gasteiger partial charge is 0.242 e. The largest absolute Gasteiger partial charge is 0.350 e. The van der Waals surface area contributed by atoms with Crippen LogP contribution < -0.4 is 10.6 Å². The third-order valence-corrected chi connectivity index (χ3v) is 4.33. The average Bonchev–Trinajstić information content (AvgIpc) is 2.70. The fraction of sp³-hybridized carbons (Fsp3) is 0.150. The Morgan fingerprint density at radius 1 is 1.00 bits per heavy atom. The maximum atomic E-state index is 14.4. The molecule has 0 radical (unpaired) electrons. The summed E-state index contributed by atoms with van der Waals surface area (Å²) in [5.74, 6) is -0.911. The number of benzene rings is 1. The Balaban J connectivity index is 1.79. The molecule has 0 spiro atoms. The minimum absolute atomic E-state index is 0.122. The third-order valence-electron chi connectivity index (χ3n) is 4.00. The second kappa shape index (κ2) is 9.21. The van der Waals surface area contributed by atoms with Gasteiger partial charge in [-0.3, -0.25) is 20.1 Å². The molecule has 1 amide bonds. The molecule has 5 nitrogen and oxygen atoms in total. The van der Waals surface area contributed by atoms with Crippen LogP contribution in [-0.4, -0.2) is 15.9 Å². The molecule has 1 atom stereocenters. The van der Waals surface area contributed by atoms with Crippen molar-refractivity contribution in [3.05, 3.63) is 94.8 Å². The van der Waals surface area contributed by atoms with E-state index in [4.69, 9.17) is 11.6 Å². The van der Waals surface area contributed by atoms with Gasteiger partial charge in [-0.15, -0.1) is 0 Å². The predicted molar refractivity (Wildman–Crippen MR) is 101 cm³/mol. The highest BCUT2D eigenvalue weighted by Crippen LogP contribution is 2.26. The van der Waals surface area contributed by atoms with Crippen molar-refractivity contribution in [3.63, 3.8) is 0 Å². The second-order valence-electron chi connectivity index (χ2n) is 5.88. The van der Waals surface area contributed by atoms with Gasteiger partial charge in [0.05, 0.1) is 0 Å². The quantitative estimate of drug-likeness (QED) is 0.655. The van der Waals surface area contributed by atoms with Gasteiger partial charge in [-0.25, -0.2) is 4.39 Å². The van der Waals surface area contributed by atoms with E-state index in [-0.39, 0.29) is 23.0 Å². The van der Waals surface area contributed by atoms with E-state index in [0.717, 1.165) is 11.1 Å². The molecule has 1 unspecified atom stereocenters. The lowest BCUT2D eigenvalue weighted by molar-refractivity contribution is -0.123. The van der Waals surface area contributed by atoms with E-state index in [1.807, 2.05) is 18.2 Å². The molecule has 2 aromatic heterocycles. The predicted octanol–water partition coefficient (Wildman–Crippen LogP) is 3.42. The summed E-state index contributed by atoms with van der Waals surface area (Å²) in [7, 11) is 0. The number of halogens is 2. The molecule has 3 rings (SSSR count). The summed E-state index contributed by atoms with van der Waals surface area (Å²) in [4.78, 5) is 20.8. The number of carbonyl (C=O) groups is 1. The van der Waals surface area contributed by atoms with E-state index in [2.05, 4.69) is 20.6 Å². The molecule has 0 saturated heterocycles. The number of carbonyl (C=O) groups excluding carboxylic acids is 1. The monoisotopic (exact) mass is 384 g/mol. The molecule has 3 aromatic rings. The van der Waals surface area contributed by atoms with Gasteiger partial charge in [0.1, 0.15) is 11.9 Å². The molecule has 0 aliphatic heterocycles. The van der Waals surface area contributed by atoms with Gasteiger partial charge in [-0.1, -0.05) is 23.7 Å². The molecule has 7 heteroatoms. The first kappa shape index (κ1) is 18.9. The number of hydrogen-bond acceptors (Lipinski definition) is 4. The van der Waals surface area contributed by atoms with Crippen molar-refractivity contribution in [3.8, 4) is 0 Å². The molecular weight excluding hydrogens is 367 g/mol. The zero-order chi connectivity index (χ0) is 19.1. The third kappa shape index (κ3) is 5.09. The number of rotatable bonds is 7. The molecule has 0 bridgehead atoms. The van der Waals surface area contributed by atoms with E-state index < -0.39 is 11.9 Å². The minimum Gasteiger partial charge on any atom is -0.350 e. The molecule has 2 N–H and O–H groups in total. The van der Waals surface area contributed by atoms with Crippen LogP contribution in [0.1, 0.15) is 22.7 Å². The van der Waals surface area contributed by atoms with Crippen LogP contribution >= 0.6 is 11.6 Å². The number of nitrogens with zero attached hydrogens (tertiary/aromatic N) is 2. The van der Waals surface area contributed by atoms with Gasteiger partial charge in [-0.2, -0.15) is 0 Å². The summed E-state index contributed by atoms with van der Waals surface area (Å²) in [6.45, 7) is 0.643. The molecular formula is C20H18ClFN4O. The normalized spacial score (nSPS) is 11.8. The minimum atomic E-state index is -0.941. The van der Waals surface area contributed by atoms with Gasteiger partial charge in [0.15, 0.2) is 0 Å². The maximum absolute atomic E-state index is 14.4. The first-order chi connectivity index (χ1) is 13.1. The van der Waals surface area contributed by atoms with Crippen LogP contribution in [0, 0.1) is 5.82 Å². The summed E-state index contributed by atoms with van der Waals surface area (Å²) in [5.41, 5.74) is 1.89. The van der Waals surface area contributed by atoms with Crippen LogP contribution in [-0.2, 0) is 17.9 Å². The van der Waals surface area contributed by atoms with Crippen LogP contribution in [0.4, 0.5) is 4.39 Å². The summed E-state index contributed by atoms with van der Waals surface area (Å²) >= 11 is 6.19. The highest BCUT2D eigenvalue weighted by molar-refractivity contribution is 6.31. The highest BCUT2D eigenvalue weighted by Gasteiger charge is 2.25. The zero-order valence-electron chi connectivity index (χ0n) is 14.4. The van der Waals surface area contributed by atoms with Crippen molar-refractivity contribution in [2.24, 2.45) is 0 Å². The number of amides is 1. The Bertz CT molecular complexity index is 873. The summed E-state index contributed by atoms with van der Waals surface area (Å²) < 4.78 is 14.4. The Labute approximate surface area is 161 Å². The first-order valence-corrected chi connectivity index (χ1v) is 8.76. The number of aromatic nitrogens is 2. The van der Waals surface area contributed by atoms with E-state index in [0.29, 0.717) is 6.54 Å². The van der Waals surface area contributed by atoms with Crippen LogP contribution in [0.2, 0.25) is 5.02 Å². The Morgan fingerprint density at radius 3 is 2.52 bits per heavy atom. The number of hydrogen-bond donors (Lipinski definition) is 2. The topological polar surface area (TPSA) is 66.9 Å². The molecule has 27 heavy (non-hydrogen) atoms. The number of pyridine rings is 2. The fourth-order valence-corrected chi connectivity index (χ4v) is 2.90. The SMILES string of the molecule is O=C(NCc1cccnc1)C(NCc1ccncc1)c1c(F)cccc1Cl. The van der Waals surface area contributed by atoms with Crippen molar-refractivity contribution < 1.29 is 9.18 Å².